The predicted molar refractivity (Wildman–Crippen MR) is 83.7 cm³/mol. The molecule has 0 amide bonds. The van der Waals surface area contributed by atoms with Gasteiger partial charge < -0.3 is 5.32 Å². The van der Waals surface area contributed by atoms with E-state index in [4.69, 9.17) is 11.6 Å². The summed E-state index contributed by atoms with van der Waals surface area (Å²) in [5.74, 6) is 0. The molecule has 2 aromatic carbocycles. The average Bonchev–Trinajstić information content (AvgIpc) is 3.23. The molecule has 1 fully saturated rings. The van der Waals surface area contributed by atoms with Gasteiger partial charge >= 0.3 is 0 Å². The monoisotopic (exact) mass is 298 g/mol. The molecule has 1 saturated carbocycles. The third kappa shape index (κ3) is 2.52. The first-order valence-electron chi connectivity index (χ1n) is 7.14. The first-order valence-corrected chi connectivity index (χ1v) is 7.52. The zero-order valence-corrected chi connectivity index (χ0v) is 12.2. The molecule has 0 unspecified atom stereocenters. The zero-order chi connectivity index (χ0) is 14.2. The molecule has 0 aliphatic heterocycles. The molecule has 1 aliphatic rings. The first-order chi connectivity index (χ1) is 10.3. The Labute approximate surface area is 127 Å². The van der Waals surface area contributed by atoms with E-state index in [2.05, 4.69) is 21.7 Å². The van der Waals surface area contributed by atoms with Gasteiger partial charge in [-0.2, -0.15) is 0 Å². The van der Waals surface area contributed by atoms with Crippen LogP contribution in [-0.2, 0) is 6.54 Å². The molecule has 0 spiro atoms. The molecule has 1 heterocycles. The summed E-state index contributed by atoms with van der Waals surface area (Å²) in [5.41, 5.74) is 4.05. The number of hydrogen-bond acceptors (Lipinski definition) is 3. The fourth-order valence-corrected chi connectivity index (χ4v) is 2.64. The number of nitrogens with one attached hydrogen (secondary N) is 1. The van der Waals surface area contributed by atoms with Crippen molar-refractivity contribution in [1.29, 1.82) is 0 Å². The minimum Gasteiger partial charge on any atom is -0.310 e. The SMILES string of the molecule is Clc1ccc(CNC2CC2)c(-n2nnc3ccccc32)c1. The highest BCUT2D eigenvalue weighted by molar-refractivity contribution is 6.30. The zero-order valence-electron chi connectivity index (χ0n) is 11.5. The topological polar surface area (TPSA) is 42.7 Å². The van der Waals surface area contributed by atoms with Crippen molar-refractivity contribution in [2.45, 2.75) is 25.4 Å². The maximum atomic E-state index is 6.18. The van der Waals surface area contributed by atoms with Crippen LogP contribution in [0, 0.1) is 0 Å². The lowest BCUT2D eigenvalue weighted by atomic mass is 10.1. The first kappa shape index (κ1) is 12.8. The van der Waals surface area contributed by atoms with Gasteiger partial charge in [-0.25, -0.2) is 4.68 Å². The molecule has 5 heteroatoms. The summed E-state index contributed by atoms with van der Waals surface area (Å²) in [6.07, 6.45) is 2.55. The molecular formula is C16H15ClN4. The molecule has 4 nitrogen and oxygen atoms in total. The number of rotatable bonds is 4. The van der Waals surface area contributed by atoms with Crippen LogP contribution >= 0.6 is 11.6 Å². The van der Waals surface area contributed by atoms with Gasteiger partial charge in [0.15, 0.2) is 0 Å². The Morgan fingerprint density at radius 1 is 1.19 bits per heavy atom. The highest BCUT2D eigenvalue weighted by Gasteiger charge is 2.21. The Hall–Kier alpha value is -1.91. The van der Waals surface area contributed by atoms with Gasteiger partial charge in [-0.3, -0.25) is 0 Å². The summed E-state index contributed by atoms with van der Waals surface area (Å²) in [4.78, 5) is 0. The Kier molecular flexibility index (Phi) is 3.13. The van der Waals surface area contributed by atoms with Crippen molar-refractivity contribution >= 4 is 22.6 Å². The van der Waals surface area contributed by atoms with Gasteiger partial charge in [0.05, 0.1) is 11.2 Å². The van der Waals surface area contributed by atoms with Crippen molar-refractivity contribution in [3.63, 3.8) is 0 Å². The van der Waals surface area contributed by atoms with Crippen LogP contribution in [0.5, 0.6) is 0 Å². The Balaban J connectivity index is 1.80. The minimum absolute atomic E-state index is 0.668. The molecule has 21 heavy (non-hydrogen) atoms. The molecule has 3 aromatic rings. The third-order valence-corrected chi connectivity index (χ3v) is 4.02. The highest BCUT2D eigenvalue weighted by atomic mass is 35.5. The number of nitrogens with zero attached hydrogens (tertiary/aromatic N) is 3. The molecule has 106 valence electrons. The molecule has 4 rings (SSSR count). The summed E-state index contributed by atoms with van der Waals surface area (Å²) in [6, 6.07) is 14.6. The van der Waals surface area contributed by atoms with Crippen LogP contribution in [0.1, 0.15) is 18.4 Å². The Bertz CT molecular complexity index is 792. The predicted octanol–water partition coefficient (Wildman–Crippen LogP) is 3.33. The van der Waals surface area contributed by atoms with Crippen molar-refractivity contribution in [3.05, 3.63) is 53.1 Å². The van der Waals surface area contributed by atoms with E-state index >= 15 is 0 Å². The molecule has 0 saturated heterocycles. The average molecular weight is 299 g/mol. The van der Waals surface area contributed by atoms with Crippen LogP contribution in [0.15, 0.2) is 42.5 Å². The van der Waals surface area contributed by atoms with Gasteiger partial charge in [0.25, 0.3) is 0 Å². The molecule has 1 aromatic heterocycles. The number of hydrogen-bond donors (Lipinski definition) is 1. The van der Waals surface area contributed by atoms with E-state index in [-0.39, 0.29) is 0 Å². The summed E-state index contributed by atoms with van der Waals surface area (Å²) in [5, 5.41) is 12.8. The van der Waals surface area contributed by atoms with Crippen LogP contribution in [0.25, 0.3) is 16.7 Å². The molecule has 0 atom stereocenters. The summed E-state index contributed by atoms with van der Waals surface area (Å²) >= 11 is 6.18. The van der Waals surface area contributed by atoms with Crippen molar-refractivity contribution in [3.8, 4) is 5.69 Å². The van der Waals surface area contributed by atoms with Crippen molar-refractivity contribution in [2.75, 3.05) is 0 Å². The number of para-hydroxylation sites is 1. The van der Waals surface area contributed by atoms with E-state index in [1.807, 2.05) is 41.1 Å². The quantitative estimate of drug-likeness (QED) is 0.803. The molecule has 1 N–H and O–H groups in total. The van der Waals surface area contributed by atoms with E-state index in [1.165, 1.54) is 18.4 Å². The van der Waals surface area contributed by atoms with Crippen molar-refractivity contribution < 1.29 is 0 Å². The smallest absolute Gasteiger partial charge is 0.113 e. The van der Waals surface area contributed by atoms with E-state index < -0.39 is 0 Å². The van der Waals surface area contributed by atoms with Gasteiger partial charge in [0.2, 0.25) is 0 Å². The van der Waals surface area contributed by atoms with E-state index in [0.717, 1.165) is 23.3 Å². The lowest BCUT2D eigenvalue weighted by molar-refractivity contribution is 0.680. The second-order valence-corrected chi connectivity index (χ2v) is 5.85. The van der Waals surface area contributed by atoms with Gasteiger partial charge in [0, 0.05) is 17.6 Å². The summed E-state index contributed by atoms with van der Waals surface area (Å²) in [7, 11) is 0. The minimum atomic E-state index is 0.668. The van der Waals surface area contributed by atoms with Crippen molar-refractivity contribution in [2.24, 2.45) is 0 Å². The summed E-state index contributed by atoms with van der Waals surface area (Å²) < 4.78 is 1.87. The van der Waals surface area contributed by atoms with Crippen LogP contribution in [0.3, 0.4) is 0 Å². The van der Waals surface area contributed by atoms with E-state index in [1.54, 1.807) is 0 Å². The number of halogens is 1. The lowest BCUT2D eigenvalue weighted by Crippen LogP contribution is -2.17. The van der Waals surface area contributed by atoms with E-state index in [9.17, 15) is 0 Å². The Morgan fingerprint density at radius 2 is 2.05 bits per heavy atom. The lowest BCUT2D eigenvalue weighted by Gasteiger charge is -2.11. The standard InChI is InChI=1S/C16H15ClN4/c17-12-6-5-11(10-18-13-7-8-13)16(9-12)21-15-4-2-1-3-14(15)19-20-21/h1-6,9,13,18H,7-8,10H2. The van der Waals surface area contributed by atoms with E-state index in [0.29, 0.717) is 11.1 Å². The Morgan fingerprint density at radius 3 is 2.90 bits per heavy atom. The van der Waals surface area contributed by atoms with Crippen LogP contribution in [0.2, 0.25) is 5.02 Å². The fraction of sp³-hybridized carbons (Fsp3) is 0.250. The second kappa shape index (κ2) is 5.13. The molecule has 1 aliphatic carbocycles. The molecule has 0 bridgehead atoms. The largest absolute Gasteiger partial charge is 0.310 e. The maximum absolute atomic E-state index is 6.18. The highest BCUT2D eigenvalue weighted by Crippen LogP contribution is 2.25. The van der Waals surface area contributed by atoms with Gasteiger partial charge in [-0.05, 0) is 42.7 Å². The number of benzene rings is 2. The van der Waals surface area contributed by atoms with Crippen LogP contribution in [0.4, 0.5) is 0 Å². The molecule has 0 radical (unpaired) electrons. The fourth-order valence-electron chi connectivity index (χ4n) is 2.47. The number of aromatic nitrogens is 3. The van der Waals surface area contributed by atoms with Crippen molar-refractivity contribution in [1.82, 2.24) is 20.3 Å². The van der Waals surface area contributed by atoms with Gasteiger partial charge in [0.1, 0.15) is 5.52 Å². The third-order valence-electron chi connectivity index (χ3n) is 3.79. The molecular weight excluding hydrogens is 284 g/mol. The summed E-state index contributed by atoms with van der Waals surface area (Å²) in [6.45, 7) is 0.825. The normalized spacial score (nSPS) is 14.7. The number of fused-ring (bicyclic) bond motifs is 1. The van der Waals surface area contributed by atoms with Gasteiger partial charge in [-0.15, -0.1) is 5.10 Å². The maximum Gasteiger partial charge on any atom is 0.113 e. The van der Waals surface area contributed by atoms with Crippen LogP contribution < -0.4 is 5.32 Å². The second-order valence-electron chi connectivity index (χ2n) is 5.42. The van der Waals surface area contributed by atoms with Gasteiger partial charge in [-0.1, -0.05) is 35.0 Å². The van der Waals surface area contributed by atoms with Crippen LogP contribution in [-0.4, -0.2) is 21.0 Å².